The maximum Gasteiger partial charge on any atom is 0.326 e. The largest absolute Gasteiger partial charge is 0.481 e. The van der Waals surface area contributed by atoms with E-state index in [1.807, 2.05) is 19.9 Å². The van der Waals surface area contributed by atoms with E-state index in [-0.39, 0.29) is 5.92 Å². The molecule has 0 saturated carbocycles. The smallest absolute Gasteiger partial charge is 0.326 e. The molecule has 114 valence electrons. The van der Waals surface area contributed by atoms with Crippen LogP contribution in [0.5, 0.6) is 0 Å². The molecule has 21 heavy (non-hydrogen) atoms. The first kappa shape index (κ1) is 16.5. The highest BCUT2D eigenvalue weighted by Crippen LogP contribution is 2.18. The number of carboxylic acid groups (broad SMARTS) is 2. The van der Waals surface area contributed by atoms with Gasteiger partial charge in [-0.2, -0.15) is 0 Å². The Kier molecular flexibility index (Phi) is 5.71. The molecule has 0 aliphatic heterocycles. The predicted octanol–water partition coefficient (Wildman–Crippen LogP) is 1.86. The molecule has 0 spiro atoms. The Morgan fingerprint density at radius 3 is 2.38 bits per heavy atom. The first-order chi connectivity index (χ1) is 9.79. The van der Waals surface area contributed by atoms with Crippen LogP contribution in [0.2, 0.25) is 0 Å². The number of aliphatic carboxylic acids is 2. The average Bonchev–Trinajstić information content (AvgIpc) is 2.37. The van der Waals surface area contributed by atoms with Crippen LogP contribution >= 0.6 is 0 Å². The lowest BCUT2D eigenvalue weighted by Gasteiger charge is -2.14. The predicted molar refractivity (Wildman–Crippen MR) is 76.4 cm³/mol. The SMILES string of the molecule is CC(C)c1cccc(NC(=O)N[C@@H](CC(=O)O)C(=O)O)c1. The number of carbonyl (C=O) groups excluding carboxylic acids is 1. The van der Waals surface area contributed by atoms with E-state index in [2.05, 4.69) is 10.6 Å². The molecule has 1 rings (SSSR count). The van der Waals surface area contributed by atoms with Crippen LogP contribution in [-0.4, -0.2) is 34.2 Å². The third kappa shape index (κ3) is 5.52. The van der Waals surface area contributed by atoms with Gasteiger partial charge in [0.25, 0.3) is 0 Å². The number of urea groups is 1. The van der Waals surface area contributed by atoms with E-state index in [4.69, 9.17) is 10.2 Å². The lowest BCUT2D eigenvalue weighted by atomic mass is 10.0. The number of amides is 2. The summed E-state index contributed by atoms with van der Waals surface area (Å²) >= 11 is 0. The quantitative estimate of drug-likeness (QED) is 0.639. The minimum Gasteiger partial charge on any atom is -0.481 e. The highest BCUT2D eigenvalue weighted by Gasteiger charge is 2.22. The molecular weight excluding hydrogens is 276 g/mol. The molecule has 1 atom stereocenters. The van der Waals surface area contributed by atoms with Crippen LogP contribution in [0, 0.1) is 0 Å². The minimum absolute atomic E-state index is 0.286. The molecule has 0 unspecified atom stereocenters. The highest BCUT2D eigenvalue weighted by atomic mass is 16.4. The molecule has 0 heterocycles. The molecule has 0 fully saturated rings. The molecular formula is C14H18N2O5. The Morgan fingerprint density at radius 2 is 1.86 bits per heavy atom. The zero-order valence-corrected chi connectivity index (χ0v) is 11.8. The van der Waals surface area contributed by atoms with Crippen molar-refractivity contribution >= 4 is 23.7 Å². The van der Waals surface area contributed by atoms with Gasteiger partial charge in [-0.25, -0.2) is 9.59 Å². The molecule has 4 N–H and O–H groups in total. The third-order valence-electron chi connectivity index (χ3n) is 2.79. The number of carboxylic acids is 2. The average molecular weight is 294 g/mol. The lowest BCUT2D eigenvalue weighted by Crippen LogP contribution is -2.44. The molecule has 0 aromatic heterocycles. The van der Waals surface area contributed by atoms with E-state index in [1.54, 1.807) is 18.2 Å². The molecule has 1 aromatic rings. The standard InChI is InChI=1S/C14H18N2O5/c1-8(2)9-4-3-5-10(6-9)15-14(21)16-11(13(19)20)7-12(17)18/h3-6,8,11H,7H2,1-2H3,(H,17,18)(H,19,20)(H2,15,16,21)/t11-/m0/s1. The van der Waals surface area contributed by atoms with Crippen LogP contribution < -0.4 is 10.6 Å². The van der Waals surface area contributed by atoms with Gasteiger partial charge < -0.3 is 20.8 Å². The summed E-state index contributed by atoms with van der Waals surface area (Å²) in [6.07, 6.45) is -0.686. The molecule has 0 saturated heterocycles. The van der Waals surface area contributed by atoms with Crippen molar-refractivity contribution in [3.8, 4) is 0 Å². The zero-order valence-electron chi connectivity index (χ0n) is 11.8. The van der Waals surface area contributed by atoms with Crippen molar-refractivity contribution in [2.24, 2.45) is 0 Å². The number of rotatable bonds is 6. The van der Waals surface area contributed by atoms with Crippen molar-refractivity contribution in [2.45, 2.75) is 32.2 Å². The van der Waals surface area contributed by atoms with Gasteiger partial charge in [0.2, 0.25) is 0 Å². The Bertz CT molecular complexity index is 542. The molecule has 2 amide bonds. The van der Waals surface area contributed by atoms with Gasteiger partial charge in [0.15, 0.2) is 0 Å². The van der Waals surface area contributed by atoms with Crippen molar-refractivity contribution in [2.75, 3.05) is 5.32 Å². The minimum atomic E-state index is -1.48. The summed E-state index contributed by atoms with van der Waals surface area (Å²) in [4.78, 5) is 33.1. The van der Waals surface area contributed by atoms with E-state index in [0.29, 0.717) is 5.69 Å². The highest BCUT2D eigenvalue weighted by molar-refractivity contribution is 5.93. The van der Waals surface area contributed by atoms with Crippen molar-refractivity contribution in [3.05, 3.63) is 29.8 Å². The first-order valence-corrected chi connectivity index (χ1v) is 6.41. The fraction of sp³-hybridized carbons (Fsp3) is 0.357. The molecule has 0 aliphatic rings. The summed E-state index contributed by atoms with van der Waals surface area (Å²) in [6.45, 7) is 4.01. The zero-order chi connectivity index (χ0) is 16.0. The van der Waals surface area contributed by atoms with Crippen LogP contribution in [0.15, 0.2) is 24.3 Å². The van der Waals surface area contributed by atoms with E-state index >= 15 is 0 Å². The fourth-order valence-electron chi connectivity index (χ4n) is 1.68. The van der Waals surface area contributed by atoms with Gasteiger partial charge in [-0.3, -0.25) is 4.79 Å². The van der Waals surface area contributed by atoms with Gasteiger partial charge in [0, 0.05) is 5.69 Å². The molecule has 1 aromatic carbocycles. The number of nitrogens with one attached hydrogen (secondary N) is 2. The molecule has 7 heteroatoms. The van der Waals surface area contributed by atoms with Gasteiger partial charge in [-0.05, 0) is 23.6 Å². The van der Waals surface area contributed by atoms with Gasteiger partial charge in [-0.15, -0.1) is 0 Å². The van der Waals surface area contributed by atoms with E-state index in [1.165, 1.54) is 0 Å². The number of hydrogen-bond donors (Lipinski definition) is 4. The van der Waals surface area contributed by atoms with Gasteiger partial charge in [-0.1, -0.05) is 26.0 Å². The number of carbonyl (C=O) groups is 3. The summed E-state index contributed by atoms with van der Waals surface area (Å²) in [5.41, 5.74) is 1.53. The topological polar surface area (TPSA) is 116 Å². The van der Waals surface area contributed by atoms with Gasteiger partial charge in [0.05, 0.1) is 6.42 Å². The van der Waals surface area contributed by atoms with Crippen molar-refractivity contribution in [1.29, 1.82) is 0 Å². The van der Waals surface area contributed by atoms with Crippen molar-refractivity contribution < 1.29 is 24.6 Å². The van der Waals surface area contributed by atoms with Crippen molar-refractivity contribution in [3.63, 3.8) is 0 Å². The Morgan fingerprint density at radius 1 is 1.19 bits per heavy atom. The van der Waals surface area contributed by atoms with Crippen LogP contribution in [0.3, 0.4) is 0 Å². The van der Waals surface area contributed by atoms with Crippen LogP contribution in [-0.2, 0) is 9.59 Å². The van der Waals surface area contributed by atoms with E-state index in [0.717, 1.165) is 5.56 Å². The Labute approximate surface area is 122 Å². The molecule has 0 radical (unpaired) electrons. The van der Waals surface area contributed by atoms with Crippen LogP contribution in [0.1, 0.15) is 31.7 Å². The summed E-state index contributed by atoms with van der Waals surface area (Å²) in [6, 6.07) is 4.89. The van der Waals surface area contributed by atoms with Crippen molar-refractivity contribution in [1.82, 2.24) is 5.32 Å². The van der Waals surface area contributed by atoms with E-state index < -0.39 is 30.4 Å². The maximum atomic E-state index is 11.7. The van der Waals surface area contributed by atoms with Gasteiger partial charge in [0.1, 0.15) is 6.04 Å². The number of benzene rings is 1. The molecule has 0 aliphatic carbocycles. The van der Waals surface area contributed by atoms with E-state index in [9.17, 15) is 14.4 Å². The Balaban J connectivity index is 2.69. The van der Waals surface area contributed by atoms with Gasteiger partial charge >= 0.3 is 18.0 Å². The summed E-state index contributed by atoms with van der Waals surface area (Å²) in [5.74, 6) is -2.42. The number of anilines is 1. The Hall–Kier alpha value is -2.57. The second-order valence-corrected chi connectivity index (χ2v) is 4.87. The fourth-order valence-corrected chi connectivity index (χ4v) is 1.68. The summed E-state index contributed by atoms with van der Waals surface area (Å²) in [7, 11) is 0. The number of hydrogen-bond acceptors (Lipinski definition) is 3. The third-order valence-corrected chi connectivity index (χ3v) is 2.79. The summed E-state index contributed by atoms with van der Waals surface area (Å²) < 4.78 is 0. The van der Waals surface area contributed by atoms with Crippen LogP contribution in [0.4, 0.5) is 10.5 Å². The maximum absolute atomic E-state index is 11.7. The monoisotopic (exact) mass is 294 g/mol. The molecule has 0 bridgehead atoms. The lowest BCUT2D eigenvalue weighted by molar-refractivity contribution is -0.145. The summed E-state index contributed by atoms with van der Waals surface area (Å²) in [5, 5.41) is 22.1. The first-order valence-electron chi connectivity index (χ1n) is 6.41. The van der Waals surface area contributed by atoms with Crippen LogP contribution in [0.25, 0.3) is 0 Å². The normalized spacial score (nSPS) is 11.8. The molecule has 7 nitrogen and oxygen atoms in total. The second-order valence-electron chi connectivity index (χ2n) is 4.87. The second kappa shape index (κ2) is 7.28.